The van der Waals surface area contributed by atoms with Crippen LogP contribution in [0.15, 0.2) is 70.9 Å². The van der Waals surface area contributed by atoms with Crippen molar-refractivity contribution in [2.45, 2.75) is 109 Å². The summed E-state index contributed by atoms with van der Waals surface area (Å²) in [5.74, 6) is 3.48. The lowest BCUT2D eigenvalue weighted by atomic mass is 9.32. The molecule has 7 saturated carbocycles. The molecule has 2 amide bonds. The topological polar surface area (TPSA) is 112 Å². The van der Waals surface area contributed by atoms with Gasteiger partial charge < -0.3 is 29.6 Å². The van der Waals surface area contributed by atoms with E-state index in [1.165, 1.54) is 38.5 Å². The Balaban J connectivity index is 1.02. The van der Waals surface area contributed by atoms with Crippen molar-refractivity contribution in [3.05, 3.63) is 72.2 Å². The van der Waals surface area contributed by atoms with E-state index in [0.29, 0.717) is 30.8 Å². The number of methoxy groups -OCH3 is 1. The lowest BCUT2D eigenvalue weighted by molar-refractivity contribution is -0.176. The number of urea groups is 1. The predicted octanol–water partition coefficient (Wildman–Crippen LogP) is 8.81. The SMILES string of the molecule is COc1ccc(NC(=O)N(CC23CC4CC(CC(C4)C2)C3)CC2(O)CCC3C45C=CC6(C=C4C(=O)c4ccco4)CC(O)CCC6(C)C5CCC32C)cc1. The van der Waals surface area contributed by atoms with Gasteiger partial charge in [-0.15, -0.1) is 0 Å². The number of rotatable bonds is 8. The molecule has 10 aliphatic carbocycles. The van der Waals surface area contributed by atoms with Crippen LogP contribution in [-0.2, 0) is 0 Å². The third-order valence-corrected chi connectivity index (χ3v) is 17.5. The molecule has 3 N–H and O–H groups in total. The van der Waals surface area contributed by atoms with Gasteiger partial charge in [-0.05, 0) is 160 Å². The van der Waals surface area contributed by atoms with E-state index >= 15 is 0 Å². The van der Waals surface area contributed by atoms with Gasteiger partial charge in [0, 0.05) is 34.1 Å². The number of aliphatic hydroxyl groups is 2. The molecule has 7 fully saturated rings. The molecule has 2 spiro atoms. The van der Waals surface area contributed by atoms with Crippen molar-refractivity contribution in [2.75, 3.05) is 25.5 Å². The van der Waals surface area contributed by atoms with Crippen LogP contribution >= 0.6 is 0 Å². The maximum Gasteiger partial charge on any atom is 0.321 e. The maximum atomic E-state index is 14.7. The van der Waals surface area contributed by atoms with Crippen LogP contribution in [0.5, 0.6) is 5.75 Å². The van der Waals surface area contributed by atoms with Gasteiger partial charge in [0.15, 0.2) is 5.76 Å². The monoisotopic (exact) mass is 734 g/mol. The fourth-order valence-electron chi connectivity index (χ4n) is 15.4. The summed E-state index contributed by atoms with van der Waals surface area (Å²) < 4.78 is 11.2. The van der Waals surface area contributed by atoms with Crippen LogP contribution in [0, 0.1) is 56.7 Å². The smallest absolute Gasteiger partial charge is 0.321 e. The number of nitrogens with zero attached hydrogens (tertiary/aromatic N) is 1. The highest BCUT2D eigenvalue weighted by atomic mass is 16.5. The second kappa shape index (κ2) is 11.8. The molecule has 0 radical (unpaired) electrons. The van der Waals surface area contributed by atoms with E-state index in [-0.39, 0.29) is 41.0 Å². The van der Waals surface area contributed by atoms with Crippen LogP contribution in [0.1, 0.15) is 108 Å². The summed E-state index contributed by atoms with van der Waals surface area (Å²) in [5, 5.41) is 27.6. The highest BCUT2D eigenvalue weighted by Crippen LogP contribution is 2.78. The van der Waals surface area contributed by atoms with Crippen molar-refractivity contribution in [3.63, 3.8) is 0 Å². The fraction of sp³-hybridized carbons (Fsp3) is 0.652. The number of allylic oxidation sites excluding steroid dienone is 4. The zero-order valence-electron chi connectivity index (χ0n) is 32.3. The van der Waals surface area contributed by atoms with Crippen LogP contribution in [0.25, 0.3) is 0 Å². The molecule has 1 heterocycles. The molecule has 0 saturated heterocycles. The quantitative estimate of drug-likeness (QED) is 0.185. The van der Waals surface area contributed by atoms with E-state index in [0.717, 1.165) is 61.2 Å². The minimum Gasteiger partial charge on any atom is -0.497 e. The summed E-state index contributed by atoms with van der Waals surface area (Å²) in [6.45, 7) is 5.62. The number of amides is 2. The van der Waals surface area contributed by atoms with Crippen molar-refractivity contribution in [1.82, 2.24) is 4.90 Å². The molecule has 10 aliphatic rings. The van der Waals surface area contributed by atoms with Crippen molar-refractivity contribution < 1.29 is 29.0 Å². The number of hydrogen-bond donors (Lipinski definition) is 3. The number of fused-ring (bicyclic) bond motifs is 1. The number of benzene rings is 1. The highest BCUT2D eigenvalue weighted by molar-refractivity contribution is 6.08. The Morgan fingerprint density at radius 1 is 0.870 bits per heavy atom. The third-order valence-electron chi connectivity index (χ3n) is 17.5. The number of furan rings is 1. The van der Waals surface area contributed by atoms with Gasteiger partial charge in [-0.2, -0.15) is 0 Å². The minimum absolute atomic E-state index is 0.00295. The second-order valence-corrected chi connectivity index (χ2v) is 20.0. The molecule has 288 valence electrons. The Bertz CT molecular complexity index is 1870. The molecule has 6 bridgehead atoms. The molecule has 8 unspecified atom stereocenters. The highest BCUT2D eigenvalue weighted by Gasteiger charge is 2.75. The number of aliphatic hydroxyl groups excluding tert-OH is 1. The molecular weight excluding hydrogens is 677 g/mol. The molecule has 8 atom stereocenters. The van der Waals surface area contributed by atoms with E-state index < -0.39 is 27.9 Å². The first-order valence-corrected chi connectivity index (χ1v) is 21.0. The van der Waals surface area contributed by atoms with E-state index in [9.17, 15) is 19.8 Å². The van der Waals surface area contributed by atoms with Gasteiger partial charge in [0.1, 0.15) is 5.75 Å². The number of carbonyl (C=O) groups excluding carboxylic acids is 2. The number of nitrogens with one attached hydrogen (secondary N) is 1. The molecule has 8 heteroatoms. The normalized spacial score (nSPS) is 44.9. The number of hydrogen-bond acceptors (Lipinski definition) is 6. The predicted molar refractivity (Wildman–Crippen MR) is 206 cm³/mol. The lowest BCUT2D eigenvalue weighted by Gasteiger charge is -2.71. The average molecular weight is 735 g/mol. The van der Waals surface area contributed by atoms with Crippen LogP contribution in [0.3, 0.4) is 0 Å². The Hall–Kier alpha value is -3.36. The van der Waals surface area contributed by atoms with Gasteiger partial charge in [0.05, 0.1) is 31.6 Å². The molecule has 1 aromatic carbocycles. The number of Topliss-reactive ketones (excluding diaryl/α,β-unsaturated/α-hetero) is 1. The van der Waals surface area contributed by atoms with Crippen LogP contribution in [-0.4, -0.2) is 58.8 Å². The Morgan fingerprint density at radius 2 is 1.54 bits per heavy atom. The van der Waals surface area contributed by atoms with Gasteiger partial charge in [0.2, 0.25) is 5.78 Å². The summed E-state index contributed by atoms with van der Waals surface area (Å²) in [7, 11) is 1.64. The first-order chi connectivity index (χ1) is 25.8. The Kier molecular flexibility index (Phi) is 7.68. The van der Waals surface area contributed by atoms with E-state index in [4.69, 9.17) is 9.15 Å². The van der Waals surface area contributed by atoms with Crippen molar-refractivity contribution in [1.29, 1.82) is 0 Å². The Morgan fingerprint density at radius 3 is 2.20 bits per heavy atom. The fourth-order valence-corrected chi connectivity index (χ4v) is 15.4. The molecule has 12 rings (SSSR count). The third kappa shape index (κ3) is 4.80. The van der Waals surface area contributed by atoms with Gasteiger partial charge in [-0.25, -0.2) is 4.79 Å². The van der Waals surface area contributed by atoms with Crippen molar-refractivity contribution in [2.24, 2.45) is 56.7 Å². The van der Waals surface area contributed by atoms with Crippen LogP contribution < -0.4 is 10.1 Å². The largest absolute Gasteiger partial charge is 0.497 e. The van der Waals surface area contributed by atoms with Gasteiger partial charge in [-0.1, -0.05) is 32.1 Å². The first-order valence-electron chi connectivity index (χ1n) is 21.0. The molecule has 0 aliphatic heterocycles. The summed E-state index contributed by atoms with van der Waals surface area (Å²) in [6, 6.07) is 10.9. The molecule has 54 heavy (non-hydrogen) atoms. The number of ketones is 1. The minimum atomic E-state index is -1.14. The zero-order chi connectivity index (χ0) is 37.3. The number of ether oxygens (including phenoxy) is 1. The number of anilines is 1. The molecule has 8 nitrogen and oxygen atoms in total. The summed E-state index contributed by atoms with van der Waals surface area (Å²) in [6.07, 6.45) is 21.0. The summed E-state index contributed by atoms with van der Waals surface area (Å²) in [4.78, 5) is 31.3. The first kappa shape index (κ1) is 35.1. The number of carbonyl (C=O) groups is 2. The van der Waals surface area contributed by atoms with Crippen LogP contribution in [0.4, 0.5) is 10.5 Å². The average Bonchev–Trinajstić information content (AvgIpc) is 3.77. The Labute approximate surface area is 319 Å². The van der Waals surface area contributed by atoms with Crippen molar-refractivity contribution >= 4 is 17.5 Å². The summed E-state index contributed by atoms with van der Waals surface area (Å²) in [5.41, 5.74) is -1.16. The van der Waals surface area contributed by atoms with E-state index in [2.05, 4.69) is 37.4 Å². The molecule has 1 aromatic heterocycles. The summed E-state index contributed by atoms with van der Waals surface area (Å²) >= 11 is 0. The maximum absolute atomic E-state index is 14.7. The van der Waals surface area contributed by atoms with Crippen molar-refractivity contribution in [3.8, 4) is 5.75 Å². The molecular formula is C46H58N2O6. The zero-order valence-corrected chi connectivity index (χ0v) is 32.3. The van der Waals surface area contributed by atoms with Crippen LogP contribution in [0.2, 0.25) is 0 Å². The van der Waals surface area contributed by atoms with Gasteiger partial charge in [-0.3, -0.25) is 4.79 Å². The molecule has 2 aromatic rings. The van der Waals surface area contributed by atoms with E-state index in [1.807, 2.05) is 29.2 Å². The van der Waals surface area contributed by atoms with Gasteiger partial charge in [0.25, 0.3) is 0 Å². The van der Waals surface area contributed by atoms with E-state index in [1.54, 1.807) is 25.5 Å². The van der Waals surface area contributed by atoms with Gasteiger partial charge >= 0.3 is 6.03 Å². The lowest BCUT2D eigenvalue weighted by Crippen LogP contribution is -2.67. The second-order valence-electron chi connectivity index (χ2n) is 20.0. The standard InChI is InChI=1S/C46H58N2O6/c1-41-13-10-33(49)25-44(41)16-17-46(35(26-44)39(50)36-5-4-18-54-36)37(41)11-14-42(2)38(46)12-15-45(42,52)28-48(40(51)47-32-6-8-34(53-3)9-7-32)27-43-22-29-19-30(23-43)21-31(20-29)24-43/h4-9,16-18,26,29-31,33,37-38,49,52H,10-15,19-25,27-28H2,1-3H3,(H,47,51).